The first-order chi connectivity index (χ1) is 11.1. The Morgan fingerprint density at radius 2 is 1.78 bits per heavy atom. The van der Waals surface area contributed by atoms with Crippen molar-refractivity contribution < 1.29 is 14.3 Å². The highest BCUT2D eigenvalue weighted by Gasteiger charge is 2.21. The van der Waals surface area contributed by atoms with Gasteiger partial charge in [-0.25, -0.2) is 0 Å². The van der Waals surface area contributed by atoms with Crippen LogP contribution in [0.5, 0.6) is 11.5 Å². The SMILES string of the molecule is C[C@@H](Sc1ccc2c(c1)OCCO2)C(=O)N(C)c1ccccc1. The zero-order valence-electron chi connectivity index (χ0n) is 13.2. The molecule has 23 heavy (non-hydrogen) atoms. The van der Waals surface area contributed by atoms with E-state index < -0.39 is 0 Å². The van der Waals surface area contributed by atoms with Gasteiger partial charge >= 0.3 is 0 Å². The highest BCUT2D eigenvalue weighted by atomic mass is 32.2. The number of ether oxygens (including phenoxy) is 2. The van der Waals surface area contributed by atoms with Crippen molar-refractivity contribution in [1.82, 2.24) is 0 Å². The summed E-state index contributed by atoms with van der Waals surface area (Å²) >= 11 is 1.52. The molecule has 2 aromatic carbocycles. The lowest BCUT2D eigenvalue weighted by Crippen LogP contribution is -2.33. The van der Waals surface area contributed by atoms with Crippen molar-refractivity contribution >= 4 is 23.4 Å². The number of anilines is 1. The van der Waals surface area contributed by atoms with Crippen LogP contribution in [0.1, 0.15) is 6.92 Å². The maximum absolute atomic E-state index is 12.6. The summed E-state index contributed by atoms with van der Waals surface area (Å²) in [6, 6.07) is 15.5. The second-order valence-electron chi connectivity index (χ2n) is 5.30. The fourth-order valence-electron chi connectivity index (χ4n) is 2.40. The molecule has 0 saturated carbocycles. The van der Waals surface area contributed by atoms with Crippen LogP contribution in [0, 0.1) is 0 Å². The maximum atomic E-state index is 12.6. The Balaban J connectivity index is 1.69. The number of carbonyl (C=O) groups is 1. The van der Waals surface area contributed by atoms with Crippen LogP contribution >= 0.6 is 11.8 Å². The Bertz CT molecular complexity index is 690. The molecule has 4 nitrogen and oxygen atoms in total. The number of nitrogens with zero attached hydrogens (tertiary/aromatic N) is 1. The molecule has 3 rings (SSSR count). The van der Waals surface area contributed by atoms with E-state index in [0.29, 0.717) is 13.2 Å². The average Bonchev–Trinajstić information content (AvgIpc) is 2.61. The van der Waals surface area contributed by atoms with Crippen molar-refractivity contribution in [2.75, 3.05) is 25.2 Å². The van der Waals surface area contributed by atoms with Gasteiger partial charge < -0.3 is 14.4 Å². The van der Waals surface area contributed by atoms with Gasteiger partial charge in [0.05, 0.1) is 5.25 Å². The molecule has 1 aliphatic heterocycles. The molecular formula is C18H19NO3S. The molecule has 2 aromatic rings. The molecule has 0 bridgehead atoms. The number of amides is 1. The molecule has 0 radical (unpaired) electrons. The van der Waals surface area contributed by atoms with Crippen LogP contribution in [0.25, 0.3) is 0 Å². The largest absolute Gasteiger partial charge is 0.486 e. The lowest BCUT2D eigenvalue weighted by molar-refractivity contribution is -0.117. The Morgan fingerprint density at radius 3 is 2.52 bits per heavy atom. The highest BCUT2D eigenvalue weighted by molar-refractivity contribution is 8.00. The molecule has 0 saturated heterocycles. The summed E-state index contributed by atoms with van der Waals surface area (Å²) in [4.78, 5) is 15.3. The van der Waals surface area contributed by atoms with Gasteiger partial charge in [0.25, 0.3) is 0 Å². The molecule has 1 heterocycles. The van der Waals surface area contributed by atoms with E-state index in [-0.39, 0.29) is 11.2 Å². The first kappa shape index (κ1) is 15.7. The summed E-state index contributed by atoms with van der Waals surface area (Å²) in [7, 11) is 1.80. The third kappa shape index (κ3) is 3.62. The van der Waals surface area contributed by atoms with Gasteiger partial charge in [0.15, 0.2) is 11.5 Å². The number of carbonyl (C=O) groups excluding carboxylic acids is 1. The summed E-state index contributed by atoms with van der Waals surface area (Å²) in [5.74, 6) is 1.58. The van der Waals surface area contributed by atoms with E-state index in [1.807, 2.05) is 55.5 Å². The molecule has 0 spiro atoms. The molecule has 0 aromatic heterocycles. The Labute approximate surface area is 140 Å². The Kier molecular flexibility index (Phi) is 4.76. The standard InChI is InChI=1S/C18H19NO3S/c1-13(18(20)19(2)14-6-4-3-5-7-14)23-15-8-9-16-17(12-15)22-11-10-21-16/h3-9,12-13H,10-11H2,1-2H3/t13-/m1/s1. The Hall–Kier alpha value is -2.14. The minimum absolute atomic E-state index is 0.0658. The molecule has 120 valence electrons. The highest BCUT2D eigenvalue weighted by Crippen LogP contribution is 2.35. The number of para-hydroxylation sites is 1. The van der Waals surface area contributed by atoms with Crippen LogP contribution in [-0.4, -0.2) is 31.4 Å². The fraction of sp³-hybridized carbons (Fsp3) is 0.278. The van der Waals surface area contributed by atoms with Crippen LogP contribution in [0.4, 0.5) is 5.69 Å². The summed E-state index contributed by atoms with van der Waals surface area (Å²) < 4.78 is 11.1. The molecule has 1 atom stereocenters. The topological polar surface area (TPSA) is 38.8 Å². The number of benzene rings is 2. The monoisotopic (exact) mass is 329 g/mol. The molecule has 1 aliphatic rings. The average molecular weight is 329 g/mol. The molecule has 1 amide bonds. The van der Waals surface area contributed by atoms with E-state index in [4.69, 9.17) is 9.47 Å². The zero-order chi connectivity index (χ0) is 16.2. The van der Waals surface area contributed by atoms with Crippen molar-refractivity contribution in [2.45, 2.75) is 17.1 Å². The van der Waals surface area contributed by atoms with E-state index in [2.05, 4.69) is 0 Å². The smallest absolute Gasteiger partial charge is 0.239 e. The van der Waals surface area contributed by atoms with Gasteiger partial charge in [-0.15, -0.1) is 11.8 Å². The van der Waals surface area contributed by atoms with E-state index in [9.17, 15) is 4.79 Å². The normalized spacial score (nSPS) is 14.2. The van der Waals surface area contributed by atoms with Crippen LogP contribution in [0.2, 0.25) is 0 Å². The van der Waals surface area contributed by atoms with Crippen LogP contribution in [0.3, 0.4) is 0 Å². The third-order valence-electron chi connectivity index (χ3n) is 3.65. The van der Waals surface area contributed by atoms with E-state index in [1.165, 1.54) is 11.8 Å². The second-order valence-corrected chi connectivity index (χ2v) is 6.71. The van der Waals surface area contributed by atoms with E-state index in [1.54, 1.807) is 11.9 Å². The van der Waals surface area contributed by atoms with Gasteiger partial charge in [0, 0.05) is 17.6 Å². The number of hydrogen-bond acceptors (Lipinski definition) is 4. The number of fused-ring (bicyclic) bond motifs is 1. The van der Waals surface area contributed by atoms with Gasteiger partial charge in [-0.05, 0) is 37.3 Å². The van der Waals surface area contributed by atoms with E-state index in [0.717, 1.165) is 22.1 Å². The van der Waals surface area contributed by atoms with Crippen molar-refractivity contribution in [3.05, 3.63) is 48.5 Å². The van der Waals surface area contributed by atoms with Crippen molar-refractivity contribution in [2.24, 2.45) is 0 Å². The maximum Gasteiger partial charge on any atom is 0.239 e. The summed E-state index contributed by atoms with van der Waals surface area (Å²) in [5, 5.41) is -0.192. The first-order valence-corrected chi connectivity index (χ1v) is 8.42. The summed E-state index contributed by atoms with van der Waals surface area (Å²) in [6.07, 6.45) is 0. The quantitative estimate of drug-likeness (QED) is 0.804. The van der Waals surface area contributed by atoms with Crippen LogP contribution in [-0.2, 0) is 4.79 Å². The molecule has 5 heteroatoms. The third-order valence-corrected chi connectivity index (χ3v) is 4.73. The van der Waals surface area contributed by atoms with Crippen molar-refractivity contribution in [3.8, 4) is 11.5 Å². The first-order valence-electron chi connectivity index (χ1n) is 7.54. The number of hydrogen-bond donors (Lipinski definition) is 0. The summed E-state index contributed by atoms with van der Waals surface area (Å²) in [5.41, 5.74) is 0.895. The van der Waals surface area contributed by atoms with Crippen molar-refractivity contribution in [1.29, 1.82) is 0 Å². The van der Waals surface area contributed by atoms with Crippen molar-refractivity contribution in [3.63, 3.8) is 0 Å². The molecule has 0 unspecified atom stereocenters. The van der Waals surface area contributed by atoms with Gasteiger partial charge in [-0.2, -0.15) is 0 Å². The van der Waals surface area contributed by atoms with E-state index >= 15 is 0 Å². The molecular weight excluding hydrogens is 310 g/mol. The lowest BCUT2D eigenvalue weighted by Gasteiger charge is -2.22. The van der Waals surface area contributed by atoms with Gasteiger partial charge in [0.1, 0.15) is 13.2 Å². The molecule has 0 aliphatic carbocycles. The predicted molar refractivity (Wildman–Crippen MR) is 92.6 cm³/mol. The molecule has 0 fully saturated rings. The zero-order valence-corrected chi connectivity index (χ0v) is 14.0. The second kappa shape index (κ2) is 6.96. The minimum Gasteiger partial charge on any atom is -0.486 e. The van der Waals surface area contributed by atoms with Gasteiger partial charge in [-0.3, -0.25) is 4.79 Å². The molecule has 0 N–H and O–H groups in total. The Morgan fingerprint density at radius 1 is 1.09 bits per heavy atom. The van der Waals surface area contributed by atoms with Gasteiger partial charge in [-0.1, -0.05) is 18.2 Å². The number of rotatable bonds is 4. The van der Waals surface area contributed by atoms with Crippen LogP contribution in [0.15, 0.2) is 53.4 Å². The lowest BCUT2D eigenvalue weighted by atomic mass is 10.3. The number of thioether (sulfide) groups is 1. The fourth-order valence-corrected chi connectivity index (χ4v) is 3.39. The predicted octanol–water partition coefficient (Wildman–Crippen LogP) is 3.60. The minimum atomic E-state index is -0.192. The van der Waals surface area contributed by atoms with Crippen LogP contribution < -0.4 is 14.4 Å². The summed E-state index contributed by atoms with van der Waals surface area (Å²) in [6.45, 7) is 3.06. The van der Waals surface area contributed by atoms with Gasteiger partial charge in [0.2, 0.25) is 5.91 Å².